The third kappa shape index (κ3) is 4.09. The number of nitrogens with zero attached hydrogens (tertiary/aromatic N) is 4. The first-order valence-corrected chi connectivity index (χ1v) is 12.4. The third-order valence-electron chi connectivity index (χ3n) is 6.24. The summed E-state index contributed by atoms with van der Waals surface area (Å²) >= 11 is 0. The highest BCUT2D eigenvalue weighted by Crippen LogP contribution is 2.30. The van der Waals surface area contributed by atoms with Crippen LogP contribution in [0.4, 0.5) is 5.82 Å². The minimum Gasteiger partial charge on any atom is -0.356 e. The van der Waals surface area contributed by atoms with E-state index in [1.165, 1.54) is 6.20 Å². The molecule has 1 aromatic carbocycles. The minimum atomic E-state index is -3.43. The van der Waals surface area contributed by atoms with Crippen LogP contribution in [0.2, 0.25) is 0 Å². The maximum Gasteiger partial charge on any atom is 0.244 e. The Morgan fingerprint density at radius 3 is 2.45 bits per heavy atom. The molecule has 2 aromatic heterocycles. The molecular formula is C23H27N5O2S. The van der Waals surface area contributed by atoms with Crippen molar-refractivity contribution < 1.29 is 8.42 Å². The van der Waals surface area contributed by atoms with Gasteiger partial charge in [-0.15, -0.1) is 0 Å². The Labute approximate surface area is 183 Å². The van der Waals surface area contributed by atoms with E-state index in [1.807, 2.05) is 30.5 Å². The molecule has 0 spiro atoms. The fourth-order valence-corrected chi connectivity index (χ4v) is 5.97. The second-order valence-corrected chi connectivity index (χ2v) is 10.2. The third-order valence-corrected chi connectivity index (χ3v) is 8.12. The number of sulfonamides is 1. The van der Waals surface area contributed by atoms with E-state index >= 15 is 0 Å². The quantitative estimate of drug-likeness (QED) is 0.659. The highest BCUT2D eigenvalue weighted by molar-refractivity contribution is 7.89. The first-order chi connectivity index (χ1) is 15.1. The molecule has 1 atom stereocenters. The molecule has 4 heterocycles. The van der Waals surface area contributed by atoms with Crippen molar-refractivity contribution in [2.75, 3.05) is 31.1 Å². The second-order valence-electron chi connectivity index (χ2n) is 8.30. The van der Waals surface area contributed by atoms with Crippen molar-refractivity contribution in [2.45, 2.75) is 36.5 Å². The zero-order valence-corrected chi connectivity index (χ0v) is 18.3. The number of anilines is 1. The molecule has 2 saturated heterocycles. The molecule has 1 unspecified atom stereocenters. The average Bonchev–Trinajstić information content (AvgIpc) is 3.53. The van der Waals surface area contributed by atoms with Gasteiger partial charge in [-0.25, -0.2) is 18.4 Å². The summed E-state index contributed by atoms with van der Waals surface area (Å²) in [5.74, 6) is 2.11. The molecule has 2 aliphatic rings. The van der Waals surface area contributed by atoms with E-state index in [2.05, 4.69) is 32.0 Å². The number of imidazole rings is 1. The van der Waals surface area contributed by atoms with Crippen LogP contribution in [0.5, 0.6) is 0 Å². The van der Waals surface area contributed by atoms with E-state index in [4.69, 9.17) is 0 Å². The topological polar surface area (TPSA) is 82.2 Å². The molecular weight excluding hydrogens is 410 g/mol. The van der Waals surface area contributed by atoms with Gasteiger partial charge in [0.2, 0.25) is 10.0 Å². The van der Waals surface area contributed by atoms with Gasteiger partial charge in [-0.3, -0.25) is 0 Å². The molecule has 0 amide bonds. The predicted octanol–water partition coefficient (Wildman–Crippen LogP) is 3.64. The molecule has 5 rings (SSSR count). The molecule has 0 radical (unpaired) electrons. The van der Waals surface area contributed by atoms with E-state index in [0.29, 0.717) is 19.0 Å². The summed E-state index contributed by atoms with van der Waals surface area (Å²) in [7, 11) is -3.43. The maximum absolute atomic E-state index is 12.7. The van der Waals surface area contributed by atoms with Gasteiger partial charge in [0.1, 0.15) is 16.5 Å². The minimum absolute atomic E-state index is 0.283. The molecule has 0 aliphatic carbocycles. The van der Waals surface area contributed by atoms with Crippen LogP contribution >= 0.6 is 0 Å². The lowest BCUT2D eigenvalue weighted by Gasteiger charge is -2.32. The van der Waals surface area contributed by atoms with E-state index in [0.717, 1.165) is 61.7 Å². The van der Waals surface area contributed by atoms with Crippen molar-refractivity contribution in [1.82, 2.24) is 19.3 Å². The fourth-order valence-electron chi connectivity index (χ4n) is 4.51. The van der Waals surface area contributed by atoms with Crippen LogP contribution in [0.15, 0.2) is 59.8 Å². The Morgan fingerprint density at radius 1 is 0.903 bits per heavy atom. The van der Waals surface area contributed by atoms with Crippen LogP contribution in [0, 0.1) is 0 Å². The summed E-state index contributed by atoms with van der Waals surface area (Å²) in [6.07, 6.45) is 7.38. The van der Waals surface area contributed by atoms with Crippen molar-refractivity contribution in [3.05, 3.63) is 60.7 Å². The van der Waals surface area contributed by atoms with E-state index in [9.17, 15) is 8.42 Å². The van der Waals surface area contributed by atoms with Crippen LogP contribution < -0.4 is 4.90 Å². The Bertz CT molecular complexity index is 1120. The van der Waals surface area contributed by atoms with Gasteiger partial charge in [0, 0.05) is 38.3 Å². The first kappa shape index (κ1) is 20.2. The smallest absolute Gasteiger partial charge is 0.244 e. The summed E-state index contributed by atoms with van der Waals surface area (Å²) in [4.78, 5) is 15.2. The Kier molecular flexibility index (Phi) is 5.50. The normalized spacial score (nSPS) is 20.3. The van der Waals surface area contributed by atoms with Crippen molar-refractivity contribution in [3.63, 3.8) is 0 Å². The summed E-state index contributed by atoms with van der Waals surface area (Å²) in [5, 5.41) is 0. The Hall–Kier alpha value is -2.71. The van der Waals surface area contributed by atoms with Crippen LogP contribution in [0.25, 0.3) is 11.3 Å². The van der Waals surface area contributed by atoms with Gasteiger partial charge in [0.15, 0.2) is 0 Å². The number of hydrogen-bond acceptors (Lipinski definition) is 5. The van der Waals surface area contributed by atoms with E-state index in [-0.39, 0.29) is 4.90 Å². The van der Waals surface area contributed by atoms with Gasteiger partial charge >= 0.3 is 0 Å². The van der Waals surface area contributed by atoms with Crippen molar-refractivity contribution in [2.24, 2.45) is 0 Å². The number of hydrogen-bond donors (Lipinski definition) is 1. The van der Waals surface area contributed by atoms with Gasteiger partial charge in [-0.2, -0.15) is 4.31 Å². The van der Waals surface area contributed by atoms with Crippen molar-refractivity contribution in [1.29, 1.82) is 0 Å². The van der Waals surface area contributed by atoms with Crippen molar-refractivity contribution >= 4 is 15.8 Å². The number of aromatic nitrogens is 3. The molecule has 1 N–H and O–H groups in total. The summed E-state index contributed by atoms with van der Waals surface area (Å²) in [6, 6.07) is 13.7. The first-order valence-electron chi connectivity index (χ1n) is 10.9. The highest BCUT2D eigenvalue weighted by Gasteiger charge is 2.28. The second kappa shape index (κ2) is 8.43. The van der Waals surface area contributed by atoms with Crippen molar-refractivity contribution in [3.8, 4) is 11.3 Å². The summed E-state index contributed by atoms with van der Waals surface area (Å²) in [5.41, 5.74) is 2.16. The average molecular weight is 438 g/mol. The van der Waals surface area contributed by atoms with Crippen LogP contribution in [-0.2, 0) is 10.0 Å². The summed E-state index contributed by atoms with van der Waals surface area (Å²) in [6.45, 7) is 2.93. The molecule has 3 aromatic rings. The van der Waals surface area contributed by atoms with Crippen LogP contribution in [0.1, 0.15) is 37.4 Å². The van der Waals surface area contributed by atoms with E-state index in [1.54, 1.807) is 10.4 Å². The molecule has 7 nitrogen and oxygen atoms in total. The Balaban J connectivity index is 1.30. The zero-order valence-electron chi connectivity index (χ0n) is 17.4. The molecule has 31 heavy (non-hydrogen) atoms. The number of rotatable bonds is 5. The largest absolute Gasteiger partial charge is 0.356 e. The van der Waals surface area contributed by atoms with Gasteiger partial charge in [-0.1, -0.05) is 30.3 Å². The number of H-pyrrole nitrogens is 1. The highest BCUT2D eigenvalue weighted by atomic mass is 32.2. The SMILES string of the molecule is O=S(=O)(c1ccc(N2CCCC(c3ncc(-c4ccccc4)[nH]3)C2)nc1)N1CCCC1. The number of nitrogens with one attached hydrogen (secondary N) is 1. The molecule has 0 saturated carbocycles. The molecule has 8 heteroatoms. The molecule has 2 fully saturated rings. The number of pyridine rings is 1. The van der Waals surface area contributed by atoms with Gasteiger partial charge in [0.05, 0.1) is 11.9 Å². The van der Waals surface area contributed by atoms with Gasteiger partial charge in [0.25, 0.3) is 0 Å². The summed E-state index contributed by atoms with van der Waals surface area (Å²) < 4.78 is 27.0. The van der Waals surface area contributed by atoms with Crippen LogP contribution in [0.3, 0.4) is 0 Å². The Morgan fingerprint density at radius 2 is 1.71 bits per heavy atom. The maximum atomic E-state index is 12.7. The molecule has 162 valence electrons. The number of piperidine rings is 1. The number of benzene rings is 1. The monoisotopic (exact) mass is 437 g/mol. The number of aromatic amines is 1. The standard InChI is InChI=1S/C23H27N5O2S/c29-31(30,28-13-4-5-14-28)20-10-11-22(24-15-20)27-12-6-9-19(17-27)23-25-16-21(26-23)18-7-2-1-3-8-18/h1-3,7-8,10-11,15-16,19H,4-6,9,12-14,17H2,(H,25,26). The van der Waals surface area contributed by atoms with E-state index < -0.39 is 10.0 Å². The lowest BCUT2D eigenvalue weighted by atomic mass is 9.97. The zero-order chi connectivity index (χ0) is 21.3. The van der Waals surface area contributed by atoms with Crippen LogP contribution in [-0.4, -0.2) is 53.9 Å². The van der Waals surface area contributed by atoms with Gasteiger partial charge < -0.3 is 9.88 Å². The molecule has 2 aliphatic heterocycles. The predicted molar refractivity (Wildman–Crippen MR) is 120 cm³/mol. The lowest BCUT2D eigenvalue weighted by molar-refractivity contribution is 0.476. The fraction of sp³-hybridized carbons (Fsp3) is 0.391. The van der Waals surface area contributed by atoms with Gasteiger partial charge in [-0.05, 0) is 43.4 Å². The molecule has 0 bridgehead atoms. The lowest BCUT2D eigenvalue weighted by Crippen LogP contribution is -2.35.